The molecule has 0 bridgehead atoms. The Morgan fingerprint density at radius 3 is 2.26 bits per heavy atom. The van der Waals surface area contributed by atoms with Gasteiger partial charge in [-0.1, -0.05) is 79.2 Å². The van der Waals surface area contributed by atoms with Crippen LogP contribution in [0.3, 0.4) is 0 Å². The molecule has 0 aliphatic heterocycles. The molecule has 1 unspecified atom stereocenters. The van der Waals surface area contributed by atoms with Crippen LogP contribution in [-0.2, 0) is 0 Å². The Kier molecular flexibility index (Phi) is 6.18. The molecule has 1 aromatic heterocycles. The van der Waals surface area contributed by atoms with E-state index in [1.165, 1.54) is 11.1 Å². The van der Waals surface area contributed by atoms with Crippen molar-refractivity contribution in [2.45, 2.75) is 20.0 Å². The number of fused-ring (bicyclic) bond motifs is 2. The van der Waals surface area contributed by atoms with Gasteiger partial charge in [-0.25, -0.2) is 9.97 Å². The highest BCUT2D eigenvalue weighted by Crippen LogP contribution is 2.34. The lowest BCUT2D eigenvalue weighted by Gasteiger charge is -2.30. The lowest BCUT2D eigenvalue weighted by atomic mass is 10.0. The molecule has 170 valence electrons. The van der Waals surface area contributed by atoms with E-state index in [4.69, 9.17) is 21.6 Å². The maximum absolute atomic E-state index is 6.49. The minimum absolute atomic E-state index is 0.0284. The molecule has 0 amide bonds. The third-order valence-electron chi connectivity index (χ3n) is 6.41. The van der Waals surface area contributed by atoms with E-state index in [1.807, 2.05) is 48.5 Å². The van der Waals surface area contributed by atoms with Gasteiger partial charge in [-0.2, -0.15) is 0 Å². The summed E-state index contributed by atoms with van der Waals surface area (Å²) in [5.74, 6) is 1.49. The maximum atomic E-state index is 6.49. The van der Waals surface area contributed by atoms with Crippen LogP contribution >= 0.6 is 11.6 Å². The van der Waals surface area contributed by atoms with Gasteiger partial charge in [0.25, 0.3) is 0 Å². The van der Waals surface area contributed by atoms with Crippen molar-refractivity contribution < 1.29 is 0 Å². The highest BCUT2D eigenvalue weighted by Gasteiger charge is 2.20. The Morgan fingerprint density at radius 2 is 1.50 bits per heavy atom. The number of halogens is 1. The largest absolute Gasteiger partial charge is 0.350 e. The highest BCUT2D eigenvalue weighted by molar-refractivity contribution is 6.36. The Balaban J connectivity index is 1.69. The monoisotopic (exact) mass is 466 g/mol. The van der Waals surface area contributed by atoms with Gasteiger partial charge >= 0.3 is 0 Å². The summed E-state index contributed by atoms with van der Waals surface area (Å²) in [5.41, 5.74) is 4.33. The van der Waals surface area contributed by atoms with Crippen molar-refractivity contribution >= 4 is 39.1 Å². The lowest BCUT2D eigenvalue weighted by Crippen LogP contribution is -2.31. The number of aromatic nitrogens is 2. The number of aryl methyl sites for hydroxylation is 1. The zero-order valence-electron chi connectivity index (χ0n) is 19.6. The average Bonchev–Trinajstić information content (AvgIpc) is 2.87. The summed E-state index contributed by atoms with van der Waals surface area (Å²) in [6.45, 7) is 5.21. The van der Waals surface area contributed by atoms with E-state index < -0.39 is 0 Å². The minimum atomic E-state index is -0.0284. The molecule has 0 saturated heterocycles. The second-order valence-electron chi connectivity index (χ2n) is 8.53. The fraction of sp³-hybridized carbons (Fsp3) is 0.172. The van der Waals surface area contributed by atoms with Crippen molar-refractivity contribution in [3.8, 4) is 11.4 Å². The van der Waals surface area contributed by atoms with Gasteiger partial charge in [0.1, 0.15) is 12.0 Å². The molecule has 4 aromatic carbocycles. The zero-order chi connectivity index (χ0) is 23.7. The standard InChI is InChI=1S/C29H27ClN4/c1-4-34(3)29(20-12-6-5-11-19(20)2)33-28-24-15-9-10-16-26(24)31-27(32-28)23-17-18-25(30)22-14-8-7-13-21(22)23/h5-18,29H,4H2,1-3H3,(H,31,32,33). The number of nitrogens with one attached hydrogen (secondary N) is 1. The van der Waals surface area contributed by atoms with Crippen LogP contribution in [0.15, 0.2) is 84.9 Å². The topological polar surface area (TPSA) is 41.0 Å². The van der Waals surface area contributed by atoms with Crippen LogP contribution in [0.25, 0.3) is 33.1 Å². The van der Waals surface area contributed by atoms with Gasteiger partial charge in [-0.05, 0) is 61.3 Å². The molecular formula is C29H27ClN4. The summed E-state index contributed by atoms with van der Waals surface area (Å²) < 4.78 is 0. The van der Waals surface area contributed by atoms with Gasteiger partial charge in [0, 0.05) is 21.4 Å². The smallest absolute Gasteiger partial charge is 0.162 e. The van der Waals surface area contributed by atoms with Gasteiger partial charge in [0.15, 0.2) is 5.82 Å². The quantitative estimate of drug-likeness (QED) is 0.263. The molecule has 0 aliphatic carbocycles. The van der Waals surface area contributed by atoms with E-state index in [-0.39, 0.29) is 6.17 Å². The van der Waals surface area contributed by atoms with Crippen LogP contribution in [0, 0.1) is 6.92 Å². The molecule has 5 aromatic rings. The van der Waals surface area contributed by atoms with E-state index in [0.29, 0.717) is 5.82 Å². The van der Waals surface area contributed by atoms with Gasteiger partial charge in [0.2, 0.25) is 0 Å². The molecule has 1 atom stereocenters. The molecule has 34 heavy (non-hydrogen) atoms. The first-order chi connectivity index (χ1) is 16.6. The van der Waals surface area contributed by atoms with E-state index >= 15 is 0 Å². The Bertz CT molecular complexity index is 1480. The van der Waals surface area contributed by atoms with Crippen LogP contribution in [0.1, 0.15) is 24.2 Å². The lowest BCUT2D eigenvalue weighted by molar-refractivity contribution is 0.282. The molecule has 0 fully saturated rings. The molecule has 4 nitrogen and oxygen atoms in total. The van der Waals surface area contributed by atoms with E-state index in [0.717, 1.165) is 44.6 Å². The first kappa shape index (κ1) is 22.3. The van der Waals surface area contributed by atoms with E-state index in [9.17, 15) is 0 Å². The van der Waals surface area contributed by atoms with Crippen molar-refractivity contribution in [2.75, 3.05) is 18.9 Å². The fourth-order valence-corrected chi connectivity index (χ4v) is 4.62. The molecule has 5 heteroatoms. The van der Waals surface area contributed by atoms with Crippen molar-refractivity contribution in [3.05, 3.63) is 101 Å². The summed E-state index contributed by atoms with van der Waals surface area (Å²) in [6, 6.07) is 28.7. The normalized spacial score (nSPS) is 12.4. The Morgan fingerprint density at radius 1 is 0.824 bits per heavy atom. The second-order valence-corrected chi connectivity index (χ2v) is 8.94. The minimum Gasteiger partial charge on any atom is -0.350 e. The molecule has 0 spiro atoms. The highest BCUT2D eigenvalue weighted by atomic mass is 35.5. The number of rotatable bonds is 6. The van der Waals surface area contributed by atoms with Gasteiger partial charge in [-0.3, -0.25) is 4.90 Å². The van der Waals surface area contributed by atoms with Crippen molar-refractivity contribution in [3.63, 3.8) is 0 Å². The summed E-state index contributed by atoms with van der Waals surface area (Å²) in [7, 11) is 2.13. The molecule has 1 N–H and O–H groups in total. The average molecular weight is 467 g/mol. The second kappa shape index (κ2) is 9.41. The third-order valence-corrected chi connectivity index (χ3v) is 6.74. The summed E-state index contributed by atoms with van der Waals surface area (Å²) in [6.07, 6.45) is -0.0284. The Labute approximate surface area is 205 Å². The molecular weight excluding hydrogens is 440 g/mol. The number of hydrogen-bond acceptors (Lipinski definition) is 4. The third kappa shape index (κ3) is 4.11. The number of anilines is 1. The first-order valence-electron chi connectivity index (χ1n) is 11.5. The SMILES string of the molecule is CCN(C)C(Nc1nc(-c2ccc(Cl)c3ccccc23)nc2ccccc12)c1ccccc1C. The maximum Gasteiger partial charge on any atom is 0.162 e. The zero-order valence-corrected chi connectivity index (χ0v) is 20.3. The molecule has 1 heterocycles. The predicted molar refractivity (Wildman–Crippen MR) is 143 cm³/mol. The number of benzene rings is 4. The Hall–Kier alpha value is -3.47. The number of para-hydroxylation sites is 1. The van der Waals surface area contributed by atoms with Gasteiger partial charge < -0.3 is 5.32 Å². The van der Waals surface area contributed by atoms with Crippen LogP contribution in [-0.4, -0.2) is 28.5 Å². The van der Waals surface area contributed by atoms with Crippen molar-refractivity contribution in [1.82, 2.24) is 14.9 Å². The van der Waals surface area contributed by atoms with Crippen LogP contribution in [0.2, 0.25) is 5.02 Å². The van der Waals surface area contributed by atoms with Crippen molar-refractivity contribution in [1.29, 1.82) is 0 Å². The van der Waals surface area contributed by atoms with E-state index in [2.05, 4.69) is 67.5 Å². The first-order valence-corrected chi connectivity index (χ1v) is 11.9. The van der Waals surface area contributed by atoms with Gasteiger partial charge in [-0.15, -0.1) is 0 Å². The molecule has 0 radical (unpaired) electrons. The summed E-state index contributed by atoms with van der Waals surface area (Å²) >= 11 is 6.49. The predicted octanol–water partition coefficient (Wildman–Crippen LogP) is 7.47. The summed E-state index contributed by atoms with van der Waals surface area (Å²) in [5, 5.41) is 7.50. The van der Waals surface area contributed by atoms with Crippen molar-refractivity contribution in [2.24, 2.45) is 0 Å². The molecule has 0 saturated carbocycles. The van der Waals surface area contributed by atoms with Crippen LogP contribution in [0.4, 0.5) is 5.82 Å². The van der Waals surface area contributed by atoms with Crippen LogP contribution < -0.4 is 5.32 Å². The van der Waals surface area contributed by atoms with Crippen LogP contribution in [0.5, 0.6) is 0 Å². The number of hydrogen-bond donors (Lipinski definition) is 1. The van der Waals surface area contributed by atoms with Gasteiger partial charge in [0.05, 0.1) is 5.52 Å². The number of nitrogens with zero attached hydrogens (tertiary/aromatic N) is 3. The summed E-state index contributed by atoms with van der Waals surface area (Å²) in [4.78, 5) is 12.3. The fourth-order valence-electron chi connectivity index (χ4n) is 4.40. The molecule has 0 aliphatic rings. The van der Waals surface area contributed by atoms with E-state index in [1.54, 1.807) is 0 Å². The molecule has 5 rings (SSSR count).